The second kappa shape index (κ2) is 18.2. The van der Waals surface area contributed by atoms with Crippen LogP contribution in [0.3, 0.4) is 0 Å². The van der Waals surface area contributed by atoms with Crippen molar-refractivity contribution in [2.24, 2.45) is 0 Å². The van der Waals surface area contributed by atoms with Gasteiger partial charge in [-0.3, -0.25) is 0 Å². The van der Waals surface area contributed by atoms with Gasteiger partial charge >= 0.3 is 0 Å². The van der Waals surface area contributed by atoms with E-state index in [4.69, 9.17) is 14.6 Å². The fourth-order valence-electron chi connectivity index (χ4n) is 3.89. The van der Waals surface area contributed by atoms with Gasteiger partial charge in [0, 0.05) is 0 Å². The van der Waals surface area contributed by atoms with Crippen molar-refractivity contribution in [3.05, 3.63) is 12.3 Å². The van der Waals surface area contributed by atoms with Gasteiger partial charge in [0.2, 0.25) is 0 Å². The Morgan fingerprint density at radius 3 is 1.93 bits per heavy atom. The summed E-state index contributed by atoms with van der Waals surface area (Å²) in [5.41, 5.74) is 0. The van der Waals surface area contributed by atoms with E-state index in [9.17, 15) is 10.2 Å². The fraction of sp³-hybridized carbons (Fsp3) is 0.917. The third kappa shape index (κ3) is 12.6. The third-order valence-electron chi connectivity index (χ3n) is 5.79. The van der Waals surface area contributed by atoms with Crippen molar-refractivity contribution < 1.29 is 24.8 Å². The molecule has 5 nitrogen and oxygen atoms in total. The summed E-state index contributed by atoms with van der Waals surface area (Å²) in [6.45, 7) is 1.99. The SMILES string of the molecule is CCCCCCCCCCCCCCCC/C=C/O[C@@H]1[C@H]([C@H](O)CO)OC[C@@H]1O. The maximum atomic E-state index is 9.86. The summed E-state index contributed by atoms with van der Waals surface area (Å²) in [5.74, 6) is 0. The molecule has 0 radical (unpaired) electrons. The standard InChI is InChI=1S/C24H46O5/c1-2-3-4-5-6-7-8-9-10-11-12-13-14-15-16-17-18-28-24-22(27)20-29-23(24)21(26)19-25/h17-18,21-27H,2-16,19-20H2,1H3/b18-17+/t21-,22+,23+,24+/m1/s1. The summed E-state index contributed by atoms with van der Waals surface area (Å²) in [7, 11) is 0. The van der Waals surface area contributed by atoms with Gasteiger partial charge in [-0.2, -0.15) is 0 Å². The predicted molar refractivity (Wildman–Crippen MR) is 118 cm³/mol. The molecule has 0 aromatic heterocycles. The van der Waals surface area contributed by atoms with E-state index in [0.717, 1.165) is 12.8 Å². The number of aliphatic hydroxyl groups excluding tert-OH is 3. The molecule has 3 N–H and O–H groups in total. The van der Waals surface area contributed by atoms with E-state index in [2.05, 4.69) is 6.92 Å². The van der Waals surface area contributed by atoms with Crippen molar-refractivity contribution >= 4 is 0 Å². The molecule has 0 aromatic rings. The lowest BCUT2D eigenvalue weighted by atomic mass is 10.0. The minimum atomic E-state index is -1.03. The largest absolute Gasteiger partial charge is 0.493 e. The molecule has 4 atom stereocenters. The molecule has 1 heterocycles. The normalized spacial score (nSPS) is 23.1. The third-order valence-corrected chi connectivity index (χ3v) is 5.79. The van der Waals surface area contributed by atoms with Gasteiger partial charge in [-0.15, -0.1) is 0 Å². The van der Waals surface area contributed by atoms with Crippen LogP contribution in [0.2, 0.25) is 0 Å². The molecule has 0 aromatic carbocycles. The molecule has 0 amide bonds. The van der Waals surface area contributed by atoms with Crippen molar-refractivity contribution in [3.8, 4) is 0 Å². The van der Waals surface area contributed by atoms with Crippen LogP contribution in [-0.4, -0.2) is 52.9 Å². The Morgan fingerprint density at radius 2 is 1.41 bits per heavy atom. The van der Waals surface area contributed by atoms with Gasteiger partial charge in [-0.25, -0.2) is 0 Å². The van der Waals surface area contributed by atoms with Gasteiger partial charge in [0.05, 0.1) is 19.5 Å². The summed E-state index contributed by atoms with van der Waals surface area (Å²) in [6.07, 6.45) is 20.4. The zero-order chi connectivity index (χ0) is 21.2. The predicted octanol–water partition coefficient (Wildman–Crippen LogP) is 4.87. The maximum Gasteiger partial charge on any atom is 0.154 e. The van der Waals surface area contributed by atoms with Crippen LogP contribution in [-0.2, 0) is 9.47 Å². The minimum Gasteiger partial charge on any atom is -0.493 e. The van der Waals surface area contributed by atoms with Crippen molar-refractivity contribution in [1.82, 2.24) is 0 Å². The number of rotatable bonds is 19. The summed E-state index contributed by atoms with van der Waals surface area (Å²) in [6, 6.07) is 0. The molecule has 1 aliphatic heterocycles. The summed E-state index contributed by atoms with van der Waals surface area (Å²) < 4.78 is 10.8. The lowest BCUT2D eigenvalue weighted by Gasteiger charge is -2.22. The van der Waals surface area contributed by atoms with Gasteiger partial charge in [-0.05, 0) is 18.9 Å². The Bertz CT molecular complexity index is 387. The molecule has 29 heavy (non-hydrogen) atoms. The van der Waals surface area contributed by atoms with Gasteiger partial charge in [-0.1, -0.05) is 90.4 Å². The van der Waals surface area contributed by atoms with E-state index in [-0.39, 0.29) is 6.61 Å². The Kier molecular flexibility index (Phi) is 16.6. The van der Waals surface area contributed by atoms with Gasteiger partial charge in [0.15, 0.2) is 6.10 Å². The monoisotopic (exact) mass is 414 g/mol. The zero-order valence-corrected chi connectivity index (χ0v) is 18.6. The van der Waals surface area contributed by atoms with Gasteiger partial charge in [0.1, 0.15) is 18.3 Å². The molecular weight excluding hydrogens is 368 g/mol. The molecule has 0 bridgehead atoms. The van der Waals surface area contributed by atoms with E-state index in [1.807, 2.05) is 6.08 Å². The van der Waals surface area contributed by atoms with Crippen LogP contribution in [0.1, 0.15) is 103 Å². The first-order chi connectivity index (χ1) is 14.2. The Balaban J connectivity index is 1.88. The number of ether oxygens (including phenoxy) is 2. The molecule has 0 saturated carbocycles. The Labute approximate surface area is 178 Å². The average Bonchev–Trinajstić information content (AvgIpc) is 3.10. The lowest BCUT2D eigenvalue weighted by Crippen LogP contribution is -2.41. The van der Waals surface area contributed by atoms with E-state index >= 15 is 0 Å². The highest BCUT2D eigenvalue weighted by Crippen LogP contribution is 2.21. The molecule has 1 saturated heterocycles. The quantitative estimate of drug-likeness (QED) is 0.208. The van der Waals surface area contributed by atoms with E-state index in [0.29, 0.717) is 0 Å². The van der Waals surface area contributed by atoms with Crippen LogP contribution >= 0.6 is 0 Å². The first-order valence-electron chi connectivity index (χ1n) is 12.1. The molecule has 1 aliphatic rings. The molecule has 1 fully saturated rings. The fourth-order valence-corrected chi connectivity index (χ4v) is 3.89. The van der Waals surface area contributed by atoms with Crippen LogP contribution in [0.15, 0.2) is 12.3 Å². The highest BCUT2D eigenvalue weighted by molar-refractivity contribution is 4.91. The molecule has 0 aliphatic carbocycles. The molecule has 5 heteroatoms. The van der Waals surface area contributed by atoms with Crippen molar-refractivity contribution in [3.63, 3.8) is 0 Å². The lowest BCUT2D eigenvalue weighted by molar-refractivity contribution is -0.0721. The van der Waals surface area contributed by atoms with Crippen molar-refractivity contribution in [1.29, 1.82) is 0 Å². The summed E-state index contributed by atoms with van der Waals surface area (Å²) >= 11 is 0. The summed E-state index contributed by atoms with van der Waals surface area (Å²) in [5, 5.41) is 28.6. The summed E-state index contributed by atoms with van der Waals surface area (Å²) in [4.78, 5) is 0. The van der Waals surface area contributed by atoms with Gasteiger partial charge < -0.3 is 24.8 Å². The topological polar surface area (TPSA) is 79.2 Å². The Morgan fingerprint density at radius 1 is 0.897 bits per heavy atom. The zero-order valence-electron chi connectivity index (χ0n) is 18.6. The minimum absolute atomic E-state index is 0.124. The maximum absolute atomic E-state index is 9.86. The van der Waals surface area contributed by atoms with Crippen LogP contribution in [0.25, 0.3) is 0 Å². The van der Waals surface area contributed by atoms with E-state index in [1.165, 1.54) is 83.5 Å². The number of allylic oxidation sites excluding steroid dienone is 1. The average molecular weight is 415 g/mol. The van der Waals surface area contributed by atoms with E-state index < -0.39 is 31.0 Å². The smallest absolute Gasteiger partial charge is 0.154 e. The molecule has 1 rings (SSSR count). The Hall–Kier alpha value is -0.620. The van der Waals surface area contributed by atoms with Crippen LogP contribution < -0.4 is 0 Å². The van der Waals surface area contributed by atoms with Crippen molar-refractivity contribution in [2.75, 3.05) is 13.2 Å². The molecule has 172 valence electrons. The first-order valence-corrected chi connectivity index (χ1v) is 12.1. The van der Waals surface area contributed by atoms with Crippen molar-refractivity contribution in [2.45, 2.75) is 128 Å². The number of hydrogen-bond donors (Lipinski definition) is 3. The molecular formula is C24H46O5. The van der Waals surface area contributed by atoms with Gasteiger partial charge in [0.25, 0.3) is 0 Å². The highest BCUT2D eigenvalue weighted by atomic mass is 16.6. The molecule has 0 spiro atoms. The first kappa shape index (κ1) is 26.4. The number of unbranched alkanes of at least 4 members (excludes halogenated alkanes) is 14. The highest BCUT2D eigenvalue weighted by Gasteiger charge is 2.41. The van der Waals surface area contributed by atoms with E-state index in [1.54, 1.807) is 6.26 Å². The van der Waals surface area contributed by atoms with Crippen LogP contribution in [0, 0.1) is 0 Å². The second-order valence-electron chi connectivity index (χ2n) is 8.47. The van der Waals surface area contributed by atoms with Crippen LogP contribution in [0.5, 0.6) is 0 Å². The second-order valence-corrected chi connectivity index (χ2v) is 8.47. The molecule has 0 unspecified atom stereocenters. The number of aliphatic hydroxyl groups is 3. The number of hydrogen-bond acceptors (Lipinski definition) is 5. The van der Waals surface area contributed by atoms with Crippen LogP contribution in [0.4, 0.5) is 0 Å².